The maximum absolute atomic E-state index is 11.9. The summed E-state index contributed by atoms with van der Waals surface area (Å²) in [6.45, 7) is 1.26. The molecule has 2 aromatic rings. The molecule has 1 fully saturated rings. The second-order valence-electron chi connectivity index (χ2n) is 4.70. The van der Waals surface area contributed by atoms with Crippen molar-refractivity contribution < 1.29 is 4.79 Å². The molecule has 2 heterocycles. The molecule has 1 aliphatic rings. The summed E-state index contributed by atoms with van der Waals surface area (Å²) in [7, 11) is 0. The summed E-state index contributed by atoms with van der Waals surface area (Å²) < 4.78 is 0. The number of amides is 1. The van der Waals surface area contributed by atoms with Crippen molar-refractivity contribution in [1.29, 1.82) is 0 Å². The van der Waals surface area contributed by atoms with Gasteiger partial charge in [-0.15, -0.1) is 0 Å². The van der Waals surface area contributed by atoms with Gasteiger partial charge in [0.1, 0.15) is 0 Å². The smallest absolute Gasteiger partial charge is 0.227 e. The number of pyridine rings is 1. The van der Waals surface area contributed by atoms with Crippen LogP contribution in [0.2, 0.25) is 0 Å². The number of hydrogen-bond donors (Lipinski definition) is 1. The van der Waals surface area contributed by atoms with E-state index in [9.17, 15) is 4.79 Å². The van der Waals surface area contributed by atoms with Crippen LogP contribution < -0.4 is 10.6 Å². The molecule has 0 radical (unpaired) electrons. The third kappa shape index (κ3) is 1.84. The van der Waals surface area contributed by atoms with Crippen LogP contribution in [-0.4, -0.2) is 24.0 Å². The van der Waals surface area contributed by atoms with E-state index < -0.39 is 0 Å². The van der Waals surface area contributed by atoms with Crippen molar-refractivity contribution in [2.24, 2.45) is 11.7 Å². The van der Waals surface area contributed by atoms with Crippen molar-refractivity contribution in [3.8, 4) is 0 Å². The summed E-state index contributed by atoms with van der Waals surface area (Å²) >= 11 is 0. The summed E-state index contributed by atoms with van der Waals surface area (Å²) in [4.78, 5) is 18.1. The highest BCUT2D eigenvalue weighted by atomic mass is 16.2. The highest BCUT2D eigenvalue weighted by molar-refractivity contribution is 5.97. The Hall–Kier alpha value is -1.94. The minimum Gasteiger partial charge on any atom is -0.330 e. The molecule has 4 heteroatoms. The molecule has 1 aliphatic heterocycles. The molecule has 18 heavy (non-hydrogen) atoms. The Bertz CT molecular complexity index is 596. The third-order valence-corrected chi connectivity index (χ3v) is 3.43. The van der Waals surface area contributed by atoms with Gasteiger partial charge in [-0.05, 0) is 24.6 Å². The van der Waals surface area contributed by atoms with E-state index in [4.69, 9.17) is 5.73 Å². The van der Waals surface area contributed by atoms with E-state index in [0.29, 0.717) is 19.5 Å². The predicted octanol–water partition coefficient (Wildman–Crippen LogP) is 1.55. The molecule has 1 unspecified atom stereocenters. The summed E-state index contributed by atoms with van der Waals surface area (Å²) in [5, 5.41) is 1.05. The fraction of sp³-hybridized carbons (Fsp3) is 0.286. The van der Waals surface area contributed by atoms with E-state index in [1.165, 1.54) is 0 Å². The summed E-state index contributed by atoms with van der Waals surface area (Å²) in [5.74, 6) is 0.409. The molecule has 1 aromatic carbocycles. The minimum atomic E-state index is 0.141. The Labute approximate surface area is 105 Å². The lowest BCUT2D eigenvalue weighted by molar-refractivity contribution is -0.117. The maximum atomic E-state index is 11.9. The van der Waals surface area contributed by atoms with E-state index in [-0.39, 0.29) is 11.8 Å². The largest absolute Gasteiger partial charge is 0.330 e. The molecule has 1 aromatic heterocycles. The molecule has 1 amide bonds. The average Bonchev–Trinajstić information content (AvgIpc) is 2.79. The van der Waals surface area contributed by atoms with Crippen molar-refractivity contribution in [1.82, 2.24) is 4.98 Å². The molecule has 0 aliphatic carbocycles. The number of aromatic nitrogens is 1. The fourth-order valence-electron chi connectivity index (χ4n) is 2.40. The molecule has 3 rings (SSSR count). The number of hydrogen-bond acceptors (Lipinski definition) is 3. The van der Waals surface area contributed by atoms with Crippen molar-refractivity contribution in [3.05, 3.63) is 36.5 Å². The van der Waals surface area contributed by atoms with Gasteiger partial charge in [0.25, 0.3) is 0 Å². The van der Waals surface area contributed by atoms with Crippen LogP contribution in [0.1, 0.15) is 6.42 Å². The van der Waals surface area contributed by atoms with Crippen LogP contribution >= 0.6 is 0 Å². The first-order valence-electron chi connectivity index (χ1n) is 6.13. The second-order valence-corrected chi connectivity index (χ2v) is 4.70. The Morgan fingerprint density at radius 3 is 3.00 bits per heavy atom. The lowest BCUT2D eigenvalue weighted by Gasteiger charge is -2.16. The number of anilines is 1. The first kappa shape index (κ1) is 11.2. The van der Waals surface area contributed by atoms with Crippen molar-refractivity contribution >= 4 is 22.5 Å². The molecule has 1 atom stereocenters. The molecule has 0 bridgehead atoms. The summed E-state index contributed by atoms with van der Waals surface area (Å²) in [6.07, 6.45) is 2.31. The molecule has 0 spiro atoms. The van der Waals surface area contributed by atoms with Gasteiger partial charge in [-0.3, -0.25) is 9.78 Å². The second kappa shape index (κ2) is 4.38. The number of para-hydroxylation sites is 1. The molecule has 0 saturated carbocycles. The first-order valence-corrected chi connectivity index (χ1v) is 6.13. The van der Waals surface area contributed by atoms with Crippen LogP contribution in [-0.2, 0) is 4.79 Å². The van der Waals surface area contributed by atoms with Gasteiger partial charge in [-0.25, -0.2) is 0 Å². The van der Waals surface area contributed by atoms with E-state index >= 15 is 0 Å². The Morgan fingerprint density at radius 2 is 2.22 bits per heavy atom. The number of fused-ring (bicyclic) bond motifs is 1. The average molecular weight is 241 g/mol. The monoisotopic (exact) mass is 241 g/mol. The van der Waals surface area contributed by atoms with Crippen molar-refractivity contribution in [3.63, 3.8) is 0 Å². The zero-order chi connectivity index (χ0) is 12.5. The van der Waals surface area contributed by atoms with E-state index in [1.54, 1.807) is 11.1 Å². The molecule has 1 saturated heterocycles. The van der Waals surface area contributed by atoms with Gasteiger partial charge in [0.05, 0.1) is 17.4 Å². The van der Waals surface area contributed by atoms with Crippen LogP contribution in [0.4, 0.5) is 5.69 Å². The highest BCUT2D eigenvalue weighted by Crippen LogP contribution is 2.26. The van der Waals surface area contributed by atoms with Gasteiger partial charge >= 0.3 is 0 Å². The zero-order valence-electron chi connectivity index (χ0n) is 10.0. The van der Waals surface area contributed by atoms with Crippen LogP contribution in [0.5, 0.6) is 0 Å². The lowest BCUT2D eigenvalue weighted by Crippen LogP contribution is -2.25. The molecule has 4 nitrogen and oxygen atoms in total. The first-order chi connectivity index (χ1) is 8.78. The Balaban J connectivity index is 1.97. The van der Waals surface area contributed by atoms with Gasteiger partial charge in [0, 0.05) is 18.4 Å². The molecular weight excluding hydrogens is 226 g/mol. The van der Waals surface area contributed by atoms with Crippen LogP contribution in [0.3, 0.4) is 0 Å². The van der Waals surface area contributed by atoms with Crippen LogP contribution in [0.25, 0.3) is 10.9 Å². The highest BCUT2D eigenvalue weighted by Gasteiger charge is 2.29. The standard InChI is InChI=1S/C14H15N3O/c15-7-10-5-14(18)17(9-10)12-6-11-3-1-2-4-13(11)16-8-12/h1-4,6,8,10H,5,7,9,15H2. The number of carbonyl (C=O) groups excluding carboxylic acids is 1. The van der Waals surface area contributed by atoms with Gasteiger partial charge in [-0.2, -0.15) is 0 Å². The molecule has 2 N–H and O–H groups in total. The van der Waals surface area contributed by atoms with Crippen molar-refractivity contribution in [2.45, 2.75) is 6.42 Å². The van der Waals surface area contributed by atoms with Gasteiger partial charge < -0.3 is 10.6 Å². The molecule has 92 valence electrons. The number of nitrogens with zero attached hydrogens (tertiary/aromatic N) is 2. The topological polar surface area (TPSA) is 59.2 Å². The summed E-state index contributed by atoms with van der Waals surface area (Å²) in [6, 6.07) is 9.92. The maximum Gasteiger partial charge on any atom is 0.227 e. The SMILES string of the molecule is NCC1CC(=O)N(c2cnc3ccccc3c2)C1. The summed E-state index contributed by atoms with van der Waals surface area (Å²) in [5.41, 5.74) is 7.45. The Morgan fingerprint density at radius 1 is 1.39 bits per heavy atom. The fourth-order valence-corrected chi connectivity index (χ4v) is 2.40. The van der Waals surface area contributed by atoms with E-state index in [2.05, 4.69) is 4.98 Å². The van der Waals surface area contributed by atoms with E-state index in [1.807, 2.05) is 30.3 Å². The number of benzene rings is 1. The van der Waals surface area contributed by atoms with Crippen LogP contribution in [0.15, 0.2) is 36.5 Å². The molecular formula is C14H15N3O. The number of carbonyl (C=O) groups is 1. The van der Waals surface area contributed by atoms with E-state index in [0.717, 1.165) is 16.6 Å². The lowest BCUT2D eigenvalue weighted by atomic mass is 10.1. The minimum absolute atomic E-state index is 0.141. The number of rotatable bonds is 2. The van der Waals surface area contributed by atoms with Crippen LogP contribution in [0, 0.1) is 5.92 Å². The Kier molecular flexibility index (Phi) is 2.72. The quantitative estimate of drug-likeness (QED) is 0.867. The third-order valence-electron chi connectivity index (χ3n) is 3.43. The predicted molar refractivity (Wildman–Crippen MR) is 71.3 cm³/mol. The number of nitrogens with two attached hydrogens (primary N) is 1. The van der Waals surface area contributed by atoms with Gasteiger partial charge in [0.15, 0.2) is 0 Å². The van der Waals surface area contributed by atoms with Crippen molar-refractivity contribution in [2.75, 3.05) is 18.0 Å². The zero-order valence-corrected chi connectivity index (χ0v) is 10.0. The normalized spacial score (nSPS) is 19.7. The van der Waals surface area contributed by atoms with Gasteiger partial charge in [-0.1, -0.05) is 18.2 Å². The van der Waals surface area contributed by atoms with Gasteiger partial charge in [0.2, 0.25) is 5.91 Å².